The van der Waals surface area contributed by atoms with Crippen molar-refractivity contribution in [1.29, 1.82) is 0 Å². The summed E-state index contributed by atoms with van der Waals surface area (Å²) in [6.45, 7) is 1.95. The highest BCUT2D eigenvalue weighted by atomic mass is 32.1. The normalized spacial score (nSPS) is 13.3. The van der Waals surface area contributed by atoms with Crippen LogP contribution in [0, 0.1) is 0 Å². The van der Waals surface area contributed by atoms with E-state index >= 15 is 0 Å². The molecular weight excluding hydrogens is 470 g/mol. The Bertz CT molecular complexity index is 1360. The monoisotopic (exact) mass is 497 g/mol. The van der Waals surface area contributed by atoms with Crippen molar-refractivity contribution in [2.75, 3.05) is 18.4 Å². The summed E-state index contributed by atoms with van der Waals surface area (Å²) in [4.78, 5) is 27.8. The zero-order valence-corrected chi connectivity index (χ0v) is 20.6. The van der Waals surface area contributed by atoms with E-state index in [1.807, 2.05) is 87.9 Å². The first kappa shape index (κ1) is 23.6. The number of amides is 3. The van der Waals surface area contributed by atoms with Gasteiger partial charge < -0.3 is 15.5 Å². The summed E-state index contributed by atoms with van der Waals surface area (Å²) in [5.74, 6) is -0.203. The molecule has 2 aromatic heterocycles. The molecule has 2 N–H and O–H groups in total. The maximum absolute atomic E-state index is 12.6. The Balaban J connectivity index is 1.24. The van der Waals surface area contributed by atoms with Crippen LogP contribution < -0.4 is 10.6 Å². The maximum atomic E-state index is 12.6. The lowest BCUT2D eigenvalue weighted by molar-refractivity contribution is -0.116. The second kappa shape index (κ2) is 11.0. The highest BCUT2D eigenvalue weighted by Crippen LogP contribution is 2.28. The van der Waals surface area contributed by atoms with Crippen LogP contribution in [0.15, 0.2) is 84.4 Å². The Morgan fingerprint density at radius 2 is 1.83 bits per heavy atom. The molecule has 0 aliphatic carbocycles. The van der Waals surface area contributed by atoms with Crippen LogP contribution in [-0.4, -0.2) is 39.7 Å². The molecule has 0 atom stereocenters. The molecule has 1 fully saturated rings. The number of carbonyl (C=O) groups is 2. The van der Waals surface area contributed by atoms with Gasteiger partial charge in [-0.1, -0.05) is 36.4 Å². The van der Waals surface area contributed by atoms with Crippen LogP contribution in [0.2, 0.25) is 0 Å². The molecule has 0 radical (unpaired) electrons. The predicted octanol–water partition coefficient (Wildman–Crippen LogP) is 5.56. The van der Waals surface area contributed by atoms with Crippen LogP contribution in [0.25, 0.3) is 22.3 Å². The number of aromatic nitrogens is 2. The zero-order valence-electron chi connectivity index (χ0n) is 19.8. The third-order valence-corrected chi connectivity index (χ3v) is 6.85. The average Bonchev–Trinajstić information content (AvgIpc) is 3.68. The summed E-state index contributed by atoms with van der Waals surface area (Å²) in [7, 11) is 0. The van der Waals surface area contributed by atoms with Crippen LogP contribution >= 0.6 is 11.3 Å². The van der Waals surface area contributed by atoms with E-state index in [-0.39, 0.29) is 11.9 Å². The van der Waals surface area contributed by atoms with Crippen LogP contribution in [0.1, 0.15) is 24.0 Å². The number of para-hydroxylation sites is 1. The van der Waals surface area contributed by atoms with Gasteiger partial charge in [-0.3, -0.25) is 4.79 Å². The second-order valence-corrected chi connectivity index (χ2v) is 9.51. The van der Waals surface area contributed by atoms with Crippen molar-refractivity contribution in [2.45, 2.75) is 19.4 Å². The molecule has 5 rings (SSSR count). The Hall–Kier alpha value is -4.17. The fourth-order valence-corrected chi connectivity index (χ4v) is 4.85. The Morgan fingerprint density at radius 1 is 1.00 bits per heavy atom. The molecule has 4 aromatic rings. The quantitative estimate of drug-likeness (QED) is 0.328. The average molecular weight is 498 g/mol. The summed E-state index contributed by atoms with van der Waals surface area (Å²) < 4.78 is 1.83. The highest BCUT2D eigenvalue weighted by Gasteiger charge is 2.17. The van der Waals surface area contributed by atoms with Crippen molar-refractivity contribution in [1.82, 2.24) is 20.0 Å². The molecule has 36 heavy (non-hydrogen) atoms. The molecule has 0 spiro atoms. The summed E-state index contributed by atoms with van der Waals surface area (Å²) in [6.07, 6.45) is 7.36. The standard InChI is InChI=1S/C28H27N5O2S/c34-26(29-19-21-8-6-9-23(18-21)30-28(35)32-15-4-5-16-32)14-13-22-20-33(24-10-2-1-3-11-24)31-27(22)25-12-7-17-36-25/h1-3,6-14,17-18,20H,4-5,15-16,19H2,(H,29,34)(H,30,35)/b14-13+. The highest BCUT2D eigenvalue weighted by molar-refractivity contribution is 7.13. The predicted molar refractivity (Wildman–Crippen MR) is 144 cm³/mol. The lowest BCUT2D eigenvalue weighted by atomic mass is 10.2. The van der Waals surface area contributed by atoms with E-state index in [4.69, 9.17) is 5.10 Å². The van der Waals surface area contributed by atoms with Crippen molar-refractivity contribution < 1.29 is 9.59 Å². The van der Waals surface area contributed by atoms with Gasteiger partial charge in [0, 0.05) is 43.2 Å². The number of hydrogen-bond donors (Lipinski definition) is 2. The second-order valence-electron chi connectivity index (χ2n) is 8.57. The lowest BCUT2D eigenvalue weighted by Crippen LogP contribution is -2.32. The number of likely N-dealkylation sites (tertiary alicyclic amines) is 1. The molecule has 0 unspecified atom stereocenters. The molecule has 1 aliphatic heterocycles. The number of nitrogens with one attached hydrogen (secondary N) is 2. The Kier molecular flexibility index (Phi) is 7.23. The first-order chi connectivity index (χ1) is 17.7. The van der Waals surface area contributed by atoms with E-state index in [0.717, 1.165) is 59.0 Å². The fraction of sp³-hybridized carbons (Fsp3) is 0.179. The van der Waals surface area contributed by atoms with Gasteiger partial charge in [-0.25, -0.2) is 9.48 Å². The third-order valence-electron chi connectivity index (χ3n) is 5.97. The third kappa shape index (κ3) is 5.72. The number of rotatable bonds is 7. The molecule has 3 amide bonds. The maximum Gasteiger partial charge on any atom is 0.321 e. The SMILES string of the molecule is O=C(/C=C/c1cn(-c2ccccc2)nc1-c1cccs1)NCc1cccc(NC(=O)N2CCCC2)c1. The number of benzene rings is 2. The largest absolute Gasteiger partial charge is 0.348 e. The van der Waals surface area contributed by atoms with Crippen molar-refractivity contribution >= 4 is 35.0 Å². The number of thiophene rings is 1. The van der Waals surface area contributed by atoms with E-state index in [1.165, 1.54) is 6.08 Å². The molecule has 2 aromatic carbocycles. The van der Waals surface area contributed by atoms with Gasteiger partial charge in [0.25, 0.3) is 0 Å². The molecule has 182 valence electrons. The summed E-state index contributed by atoms with van der Waals surface area (Å²) in [5, 5.41) is 12.6. The molecular formula is C28H27N5O2S. The molecule has 8 heteroatoms. The minimum absolute atomic E-state index is 0.0748. The molecule has 0 bridgehead atoms. The van der Waals surface area contributed by atoms with E-state index in [9.17, 15) is 9.59 Å². The van der Waals surface area contributed by atoms with E-state index in [2.05, 4.69) is 10.6 Å². The smallest absolute Gasteiger partial charge is 0.321 e. The fourth-order valence-electron chi connectivity index (χ4n) is 4.12. The number of urea groups is 1. The molecule has 1 saturated heterocycles. The van der Waals surface area contributed by atoms with Gasteiger partial charge in [0.15, 0.2) is 0 Å². The van der Waals surface area contributed by atoms with Crippen LogP contribution in [0.4, 0.5) is 10.5 Å². The molecule has 0 saturated carbocycles. The number of nitrogens with zero attached hydrogens (tertiary/aromatic N) is 3. The minimum atomic E-state index is -0.203. The molecule has 3 heterocycles. The summed E-state index contributed by atoms with van der Waals surface area (Å²) in [5.41, 5.74) is 4.29. The van der Waals surface area contributed by atoms with Gasteiger partial charge in [0.1, 0.15) is 5.69 Å². The minimum Gasteiger partial charge on any atom is -0.348 e. The first-order valence-electron chi connectivity index (χ1n) is 12.0. The number of carbonyl (C=O) groups excluding carboxylic acids is 2. The van der Waals surface area contributed by atoms with Crippen molar-refractivity contribution in [2.24, 2.45) is 0 Å². The van der Waals surface area contributed by atoms with Gasteiger partial charge >= 0.3 is 6.03 Å². The van der Waals surface area contributed by atoms with Gasteiger partial charge in [0.05, 0.1) is 10.6 Å². The number of anilines is 1. The van der Waals surface area contributed by atoms with E-state index < -0.39 is 0 Å². The van der Waals surface area contributed by atoms with E-state index in [1.54, 1.807) is 17.4 Å². The molecule has 7 nitrogen and oxygen atoms in total. The van der Waals surface area contributed by atoms with Crippen LogP contribution in [0.5, 0.6) is 0 Å². The Morgan fingerprint density at radius 3 is 2.61 bits per heavy atom. The number of hydrogen-bond acceptors (Lipinski definition) is 4. The zero-order chi connectivity index (χ0) is 24.7. The lowest BCUT2D eigenvalue weighted by Gasteiger charge is -2.16. The van der Waals surface area contributed by atoms with Crippen molar-refractivity contribution in [3.63, 3.8) is 0 Å². The summed E-state index contributed by atoms with van der Waals surface area (Å²) in [6, 6.07) is 21.4. The first-order valence-corrected chi connectivity index (χ1v) is 12.8. The topological polar surface area (TPSA) is 79.3 Å². The summed E-state index contributed by atoms with van der Waals surface area (Å²) >= 11 is 1.61. The molecule has 1 aliphatic rings. The van der Waals surface area contributed by atoms with Gasteiger partial charge in [-0.15, -0.1) is 11.3 Å². The van der Waals surface area contributed by atoms with Crippen LogP contribution in [0.3, 0.4) is 0 Å². The van der Waals surface area contributed by atoms with Gasteiger partial charge in [-0.2, -0.15) is 5.10 Å². The van der Waals surface area contributed by atoms with Gasteiger partial charge in [-0.05, 0) is 60.2 Å². The van der Waals surface area contributed by atoms with E-state index in [0.29, 0.717) is 6.54 Å². The van der Waals surface area contributed by atoms with Gasteiger partial charge in [0.2, 0.25) is 5.91 Å². The van der Waals surface area contributed by atoms with Crippen molar-refractivity contribution in [3.8, 4) is 16.3 Å². The van der Waals surface area contributed by atoms with Crippen LogP contribution in [-0.2, 0) is 11.3 Å². The Labute approximate surface area is 214 Å². The van der Waals surface area contributed by atoms with Crippen molar-refractivity contribution in [3.05, 3.63) is 95.5 Å².